The Kier molecular flexibility index (Phi) is 5.82. The van der Waals surface area contributed by atoms with Crippen LogP contribution in [0.15, 0.2) is 46.9 Å². The van der Waals surface area contributed by atoms with Gasteiger partial charge in [-0.25, -0.2) is 4.79 Å². The maximum Gasteiger partial charge on any atom is 0.342 e. The predicted molar refractivity (Wildman–Crippen MR) is 118 cm³/mol. The summed E-state index contributed by atoms with van der Waals surface area (Å²) in [5.74, 6) is 0.232. The number of furan rings is 1. The van der Waals surface area contributed by atoms with Crippen molar-refractivity contribution >= 4 is 16.9 Å². The molecule has 158 valence electrons. The van der Waals surface area contributed by atoms with Gasteiger partial charge in [-0.1, -0.05) is 36.8 Å². The Morgan fingerprint density at radius 1 is 1.13 bits per heavy atom. The molecule has 4 rings (SSSR count). The van der Waals surface area contributed by atoms with E-state index in [1.807, 2.05) is 30.3 Å². The first-order valence-corrected chi connectivity index (χ1v) is 10.8. The second-order valence-electron chi connectivity index (χ2n) is 8.13. The summed E-state index contributed by atoms with van der Waals surface area (Å²) in [5, 5.41) is 11.5. The molecule has 2 aromatic carbocycles. The van der Waals surface area contributed by atoms with Gasteiger partial charge in [-0.2, -0.15) is 0 Å². The number of hydrogen-bond donors (Lipinski definition) is 1. The van der Waals surface area contributed by atoms with Crippen molar-refractivity contribution in [3.8, 4) is 17.1 Å². The topological polar surface area (TPSA) is 62.9 Å². The zero-order valence-electron chi connectivity index (χ0n) is 17.9. The molecule has 0 radical (unpaired) electrons. The van der Waals surface area contributed by atoms with Gasteiger partial charge >= 0.3 is 5.97 Å². The van der Waals surface area contributed by atoms with Crippen molar-refractivity contribution in [3.05, 3.63) is 53.6 Å². The third kappa shape index (κ3) is 3.70. The second kappa shape index (κ2) is 8.52. The molecule has 2 unspecified atom stereocenters. The Hall–Kier alpha value is -2.79. The fourth-order valence-corrected chi connectivity index (χ4v) is 4.57. The number of likely N-dealkylation sites (tertiary alicyclic amines) is 1. The first kappa shape index (κ1) is 20.5. The van der Waals surface area contributed by atoms with Gasteiger partial charge in [-0.15, -0.1) is 0 Å². The summed E-state index contributed by atoms with van der Waals surface area (Å²) in [4.78, 5) is 15.4. The van der Waals surface area contributed by atoms with Crippen molar-refractivity contribution in [2.45, 2.75) is 58.7 Å². The molecule has 5 nitrogen and oxygen atoms in total. The molecule has 0 amide bonds. The monoisotopic (exact) mass is 407 g/mol. The van der Waals surface area contributed by atoms with E-state index in [1.54, 1.807) is 19.1 Å². The molecule has 1 aliphatic rings. The Morgan fingerprint density at radius 2 is 1.83 bits per heavy atom. The van der Waals surface area contributed by atoms with E-state index in [4.69, 9.17) is 9.15 Å². The Labute approximate surface area is 177 Å². The number of aromatic hydroxyl groups is 1. The molecule has 3 aromatic rings. The van der Waals surface area contributed by atoms with Crippen LogP contribution in [-0.4, -0.2) is 34.7 Å². The second-order valence-corrected chi connectivity index (χ2v) is 8.13. The molecule has 1 N–H and O–H groups in total. The van der Waals surface area contributed by atoms with Crippen LogP contribution < -0.4 is 0 Å². The number of carbonyl (C=O) groups is 1. The van der Waals surface area contributed by atoms with Gasteiger partial charge in [0.2, 0.25) is 0 Å². The lowest BCUT2D eigenvalue weighted by Gasteiger charge is -2.39. The molecule has 0 aliphatic carbocycles. The van der Waals surface area contributed by atoms with Gasteiger partial charge in [-0.3, -0.25) is 4.90 Å². The summed E-state index contributed by atoms with van der Waals surface area (Å²) in [6.45, 7) is 7.07. The van der Waals surface area contributed by atoms with E-state index in [2.05, 4.69) is 18.7 Å². The summed E-state index contributed by atoms with van der Waals surface area (Å²) in [7, 11) is 0. The van der Waals surface area contributed by atoms with E-state index < -0.39 is 5.97 Å². The van der Waals surface area contributed by atoms with Crippen molar-refractivity contribution in [3.63, 3.8) is 0 Å². The van der Waals surface area contributed by atoms with Gasteiger partial charge < -0.3 is 14.3 Å². The average molecular weight is 408 g/mol. The number of fused-ring (bicyclic) bond motifs is 1. The number of ether oxygens (including phenoxy) is 1. The highest BCUT2D eigenvalue weighted by molar-refractivity contribution is 6.10. The highest BCUT2D eigenvalue weighted by atomic mass is 16.5. The van der Waals surface area contributed by atoms with Crippen LogP contribution in [0.2, 0.25) is 0 Å². The van der Waals surface area contributed by atoms with E-state index >= 15 is 0 Å². The minimum atomic E-state index is -0.429. The van der Waals surface area contributed by atoms with Gasteiger partial charge in [0.15, 0.2) is 0 Å². The number of esters is 1. The molecule has 1 saturated heterocycles. The number of rotatable bonds is 5. The molecule has 1 fully saturated rings. The lowest BCUT2D eigenvalue weighted by Crippen LogP contribution is -2.43. The van der Waals surface area contributed by atoms with E-state index in [1.165, 1.54) is 6.42 Å². The molecule has 1 aromatic heterocycles. The van der Waals surface area contributed by atoms with E-state index in [-0.39, 0.29) is 12.4 Å². The van der Waals surface area contributed by atoms with Crippen LogP contribution in [0, 0.1) is 0 Å². The molecule has 0 spiro atoms. The largest absolute Gasteiger partial charge is 0.508 e. The minimum Gasteiger partial charge on any atom is -0.508 e. The smallest absolute Gasteiger partial charge is 0.342 e. The molecule has 1 aliphatic heterocycles. The lowest BCUT2D eigenvalue weighted by molar-refractivity contribution is 0.0528. The number of hydrogen-bond acceptors (Lipinski definition) is 5. The number of carbonyl (C=O) groups excluding carboxylic acids is 1. The van der Waals surface area contributed by atoms with Crippen molar-refractivity contribution in [2.24, 2.45) is 0 Å². The molecular formula is C25H29NO4. The van der Waals surface area contributed by atoms with Crippen molar-refractivity contribution in [1.29, 1.82) is 0 Å². The molecule has 5 heteroatoms. The third-order valence-corrected chi connectivity index (χ3v) is 6.17. The average Bonchev–Trinajstić information content (AvgIpc) is 3.13. The van der Waals surface area contributed by atoms with Crippen LogP contribution in [0.4, 0.5) is 0 Å². The van der Waals surface area contributed by atoms with Gasteiger partial charge in [0.05, 0.1) is 6.61 Å². The highest BCUT2D eigenvalue weighted by Gasteiger charge is 2.30. The van der Waals surface area contributed by atoms with Gasteiger partial charge in [-0.05, 0) is 45.7 Å². The van der Waals surface area contributed by atoms with Crippen molar-refractivity contribution in [2.75, 3.05) is 6.61 Å². The zero-order valence-corrected chi connectivity index (χ0v) is 17.9. The Bertz CT molecular complexity index is 1030. The SMILES string of the molecule is CCOC(=O)c1c(-c2ccccc2)oc2ccc(O)c(CN3C(C)CCCC3C)c12. The summed E-state index contributed by atoms with van der Waals surface area (Å²) >= 11 is 0. The predicted octanol–water partition coefficient (Wildman–Crippen LogP) is 5.75. The van der Waals surface area contributed by atoms with E-state index in [9.17, 15) is 9.90 Å². The maximum absolute atomic E-state index is 13.0. The Balaban J connectivity index is 1.91. The van der Waals surface area contributed by atoms with Gasteiger partial charge in [0.1, 0.15) is 22.7 Å². The van der Waals surface area contributed by atoms with E-state index in [0.29, 0.717) is 40.9 Å². The summed E-state index contributed by atoms with van der Waals surface area (Å²) in [6, 6.07) is 13.8. The number of benzene rings is 2. The van der Waals surface area contributed by atoms with E-state index in [0.717, 1.165) is 24.0 Å². The molecule has 0 saturated carbocycles. The summed E-state index contributed by atoms with van der Waals surface area (Å²) in [5.41, 5.74) is 2.51. The molecule has 2 heterocycles. The fourth-order valence-electron chi connectivity index (χ4n) is 4.57. The fraction of sp³-hybridized carbons (Fsp3) is 0.400. The zero-order chi connectivity index (χ0) is 21.3. The van der Waals surface area contributed by atoms with Crippen molar-refractivity contribution < 1.29 is 19.1 Å². The summed E-state index contributed by atoms with van der Waals surface area (Å²) in [6.07, 6.45) is 3.48. The van der Waals surface area contributed by atoms with Crippen molar-refractivity contribution in [1.82, 2.24) is 4.90 Å². The normalized spacial score (nSPS) is 19.8. The quantitative estimate of drug-likeness (QED) is 0.546. The first-order chi connectivity index (χ1) is 14.5. The van der Waals surface area contributed by atoms with Crippen LogP contribution in [0.1, 0.15) is 56.0 Å². The number of piperidine rings is 1. The van der Waals surface area contributed by atoms with Crippen LogP contribution in [0.5, 0.6) is 5.75 Å². The Morgan fingerprint density at radius 3 is 2.50 bits per heavy atom. The first-order valence-electron chi connectivity index (χ1n) is 10.8. The van der Waals surface area contributed by atoms with Gasteiger partial charge in [0.25, 0.3) is 0 Å². The number of phenols is 1. The third-order valence-electron chi connectivity index (χ3n) is 6.17. The molecular weight excluding hydrogens is 378 g/mol. The molecule has 30 heavy (non-hydrogen) atoms. The molecule has 2 atom stereocenters. The number of nitrogens with zero attached hydrogens (tertiary/aromatic N) is 1. The van der Waals surface area contributed by atoms with Crippen LogP contribution in [-0.2, 0) is 11.3 Å². The van der Waals surface area contributed by atoms with Crippen LogP contribution in [0.3, 0.4) is 0 Å². The molecule has 0 bridgehead atoms. The highest BCUT2D eigenvalue weighted by Crippen LogP contribution is 2.40. The minimum absolute atomic E-state index is 0.179. The lowest BCUT2D eigenvalue weighted by atomic mass is 9.95. The summed E-state index contributed by atoms with van der Waals surface area (Å²) < 4.78 is 11.6. The number of phenolic OH excluding ortho intramolecular Hbond substituents is 1. The maximum atomic E-state index is 13.0. The van der Waals surface area contributed by atoms with Crippen LogP contribution >= 0.6 is 0 Å². The van der Waals surface area contributed by atoms with Crippen LogP contribution in [0.25, 0.3) is 22.3 Å². The van der Waals surface area contributed by atoms with Gasteiger partial charge in [0, 0.05) is 35.1 Å². The standard InChI is InChI=1S/C25H29NO4/c1-4-29-25(28)23-22-19(15-26-16(2)9-8-10-17(26)3)20(27)13-14-21(22)30-24(23)18-11-6-5-7-12-18/h5-7,11-14,16-17,27H,4,8-10,15H2,1-3H3.